The van der Waals surface area contributed by atoms with Gasteiger partial charge in [0, 0.05) is 18.0 Å². The number of nitrogens with two attached hydrogens (primary N) is 1. The number of aromatic nitrogens is 2. The molecule has 0 bridgehead atoms. The van der Waals surface area contributed by atoms with Gasteiger partial charge >= 0.3 is 0 Å². The van der Waals surface area contributed by atoms with Crippen molar-refractivity contribution >= 4 is 22.1 Å². The van der Waals surface area contributed by atoms with Gasteiger partial charge in [0.15, 0.2) is 16.5 Å². The molecule has 7 heteroatoms. The molecule has 0 aliphatic heterocycles. The Morgan fingerprint density at radius 1 is 1.27 bits per heavy atom. The lowest BCUT2D eigenvalue weighted by Gasteiger charge is -2.10. The predicted octanol–water partition coefficient (Wildman–Crippen LogP) is 1.95. The molecule has 0 unspecified atom stereocenters. The minimum atomic E-state index is -0.297. The molecule has 0 saturated carbocycles. The largest absolute Gasteiger partial charge is 0.493 e. The molecule has 6 nitrogen and oxygen atoms in total. The van der Waals surface area contributed by atoms with Crippen LogP contribution in [0.15, 0.2) is 34.6 Å². The molecule has 114 valence electrons. The maximum atomic E-state index is 12.2. The third kappa shape index (κ3) is 2.39. The van der Waals surface area contributed by atoms with Crippen LogP contribution in [0.5, 0.6) is 11.5 Å². The average Bonchev–Trinajstić information content (AvgIpc) is 2.99. The molecule has 0 amide bonds. The van der Waals surface area contributed by atoms with Gasteiger partial charge in [-0.3, -0.25) is 9.20 Å². The predicted molar refractivity (Wildman–Crippen MR) is 86.1 cm³/mol. The summed E-state index contributed by atoms with van der Waals surface area (Å²) in [7, 11) is 3.15. The zero-order chi connectivity index (χ0) is 15.7. The Kier molecular flexibility index (Phi) is 3.72. The van der Waals surface area contributed by atoms with E-state index in [9.17, 15) is 4.79 Å². The van der Waals surface area contributed by atoms with Crippen molar-refractivity contribution < 1.29 is 9.47 Å². The summed E-state index contributed by atoms with van der Waals surface area (Å²) in [5.74, 6) is 1.68. The lowest BCUT2D eigenvalue weighted by atomic mass is 10.1. The first kappa shape index (κ1) is 14.4. The molecule has 22 heavy (non-hydrogen) atoms. The molecule has 2 N–H and O–H groups in total. The van der Waals surface area contributed by atoms with Gasteiger partial charge in [-0.1, -0.05) is 6.07 Å². The number of thiazole rings is 1. The molecule has 0 spiro atoms. The van der Waals surface area contributed by atoms with Gasteiger partial charge in [0.2, 0.25) is 0 Å². The topological polar surface area (TPSA) is 78.9 Å². The summed E-state index contributed by atoms with van der Waals surface area (Å²) in [5, 5.41) is 1.85. The molecule has 1 aromatic carbocycles. The van der Waals surface area contributed by atoms with Gasteiger partial charge in [-0.05, 0) is 17.7 Å². The minimum absolute atomic E-state index is 0.297. The minimum Gasteiger partial charge on any atom is -0.493 e. The first-order valence-corrected chi connectivity index (χ1v) is 7.47. The van der Waals surface area contributed by atoms with Crippen LogP contribution in [-0.2, 0) is 6.42 Å². The van der Waals surface area contributed by atoms with Crippen LogP contribution in [0, 0.1) is 0 Å². The van der Waals surface area contributed by atoms with E-state index in [1.165, 1.54) is 11.3 Å². The van der Waals surface area contributed by atoms with Gasteiger partial charge < -0.3 is 15.2 Å². The highest BCUT2D eigenvalue weighted by Gasteiger charge is 2.13. The van der Waals surface area contributed by atoms with Crippen molar-refractivity contribution in [1.82, 2.24) is 9.38 Å². The molecule has 2 aromatic heterocycles. The van der Waals surface area contributed by atoms with E-state index in [4.69, 9.17) is 15.2 Å². The summed E-state index contributed by atoms with van der Waals surface area (Å²) >= 11 is 1.38. The normalized spacial score (nSPS) is 10.8. The highest BCUT2D eigenvalue weighted by atomic mass is 32.1. The Hall–Kier alpha value is -2.54. The molecule has 0 saturated heterocycles. The fourth-order valence-electron chi connectivity index (χ4n) is 2.31. The second-order valence-corrected chi connectivity index (χ2v) is 5.58. The third-order valence-corrected chi connectivity index (χ3v) is 4.20. The van der Waals surface area contributed by atoms with Crippen LogP contribution in [0.2, 0.25) is 0 Å². The van der Waals surface area contributed by atoms with Crippen LogP contribution in [0.1, 0.15) is 11.1 Å². The first-order valence-electron chi connectivity index (χ1n) is 6.59. The molecular weight excluding hydrogens is 302 g/mol. The van der Waals surface area contributed by atoms with Crippen LogP contribution in [0.25, 0.3) is 4.96 Å². The highest BCUT2D eigenvalue weighted by Crippen LogP contribution is 2.28. The fourth-order valence-corrected chi connectivity index (χ4v) is 3.02. The van der Waals surface area contributed by atoms with Gasteiger partial charge in [0.05, 0.1) is 19.8 Å². The Bertz CT molecular complexity index is 885. The standard InChI is InChI=1S/C15H15N3O3S/c1-20-11-4-3-9(8-12(11)21-2)7-10-13(16)18-5-6-22-15(18)17-14(10)19/h3-6,8H,7,16H2,1-2H3. The molecule has 0 aliphatic carbocycles. The molecule has 0 radical (unpaired) electrons. The first-order chi connectivity index (χ1) is 10.6. The molecule has 3 rings (SSSR count). The Balaban J connectivity index is 2.05. The lowest BCUT2D eigenvalue weighted by Crippen LogP contribution is -2.18. The number of rotatable bonds is 4. The van der Waals surface area contributed by atoms with E-state index in [0.717, 1.165) is 5.56 Å². The van der Waals surface area contributed by atoms with Crippen LogP contribution < -0.4 is 20.8 Å². The van der Waals surface area contributed by atoms with E-state index < -0.39 is 0 Å². The summed E-state index contributed by atoms with van der Waals surface area (Å²) in [4.78, 5) is 16.8. The molecular formula is C15H15N3O3S. The maximum absolute atomic E-state index is 12.2. The fraction of sp³-hybridized carbons (Fsp3) is 0.200. The van der Waals surface area contributed by atoms with E-state index in [0.29, 0.717) is 34.3 Å². The van der Waals surface area contributed by atoms with Crippen molar-refractivity contribution in [3.8, 4) is 11.5 Å². The summed E-state index contributed by atoms with van der Waals surface area (Å²) < 4.78 is 12.2. The number of methoxy groups -OCH3 is 2. The second-order valence-electron chi connectivity index (χ2n) is 4.70. The van der Waals surface area contributed by atoms with Crippen LogP contribution in [0.3, 0.4) is 0 Å². The maximum Gasteiger partial charge on any atom is 0.279 e. The number of anilines is 1. The van der Waals surface area contributed by atoms with Crippen LogP contribution >= 0.6 is 11.3 Å². The number of fused-ring (bicyclic) bond motifs is 1. The van der Waals surface area contributed by atoms with Gasteiger partial charge in [-0.2, -0.15) is 4.98 Å². The molecule has 0 aliphatic rings. The Labute approximate surface area is 130 Å². The zero-order valence-corrected chi connectivity index (χ0v) is 13.0. The van der Waals surface area contributed by atoms with Gasteiger partial charge in [0.25, 0.3) is 5.56 Å². The number of nitrogen functional groups attached to an aromatic ring is 1. The van der Waals surface area contributed by atoms with Crippen molar-refractivity contribution in [2.75, 3.05) is 20.0 Å². The Morgan fingerprint density at radius 2 is 2.05 bits per heavy atom. The number of benzene rings is 1. The van der Waals surface area contributed by atoms with Gasteiger partial charge in [0.1, 0.15) is 5.82 Å². The molecule has 2 heterocycles. The van der Waals surface area contributed by atoms with Crippen molar-refractivity contribution in [3.63, 3.8) is 0 Å². The SMILES string of the molecule is COc1ccc(Cc2c(N)n3ccsc3nc2=O)cc1OC. The summed E-state index contributed by atoms with van der Waals surface area (Å²) in [5.41, 5.74) is 7.19. The number of hydrogen-bond donors (Lipinski definition) is 1. The van der Waals surface area contributed by atoms with E-state index in [1.54, 1.807) is 30.9 Å². The van der Waals surface area contributed by atoms with Crippen molar-refractivity contribution in [3.05, 3.63) is 51.3 Å². The van der Waals surface area contributed by atoms with E-state index >= 15 is 0 Å². The third-order valence-electron chi connectivity index (χ3n) is 3.44. The van der Waals surface area contributed by atoms with E-state index in [2.05, 4.69) is 4.98 Å². The van der Waals surface area contributed by atoms with Crippen LogP contribution in [0.4, 0.5) is 5.82 Å². The quantitative estimate of drug-likeness (QED) is 0.795. The second kappa shape index (κ2) is 5.69. The smallest absolute Gasteiger partial charge is 0.279 e. The Morgan fingerprint density at radius 3 is 2.77 bits per heavy atom. The molecule has 3 aromatic rings. The summed E-state index contributed by atoms with van der Waals surface area (Å²) in [6.45, 7) is 0. The van der Waals surface area contributed by atoms with Crippen LogP contribution in [-0.4, -0.2) is 23.6 Å². The summed E-state index contributed by atoms with van der Waals surface area (Å²) in [6.07, 6.45) is 2.19. The lowest BCUT2D eigenvalue weighted by molar-refractivity contribution is 0.354. The number of ether oxygens (including phenoxy) is 2. The monoisotopic (exact) mass is 317 g/mol. The van der Waals surface area contributed by atoms with Crippen molar-refractivity contribution in [1.29, 1.82) is 0 Å². The van der Waals surface area contributed by atoms with E-state index in [1.807, 2.05) is 17.5 Å². The average molecular weight is 317 g/mol. The van der Waals surface area contributed by atoms with Crippen molar-refractivity contribution in [2.24, 2.45) is 0 Å². The summed E-state index contributed by atoms with van der Waals surface area (Å²) in [6, 6.07) is 5.52. The molecule has 0 atom stereocenters. The number of hydrogen-bond acceptors (Lipinski definition) is 6. The van der Waals surface area contributed by atoms with Crippen molar-refractivity contribution in [2.45, 2.75) is 6.42 Å². The zero-order valence-electron chi connectivity index (χ0n) is 12.2. The van der Waals surface area contributed by atoms with Gasteiger partial charge in [-0.25, -0.2) is 0 Å². The van der Waals surface area contributed by atoms with E-state index in [-0.39, 0.29) is 5.56 Å². The number of nitrogens with zero attached hydrogens (tertiary/aromatic N) is 2. The highest BCUT2D eigenvalue weighted by molar-refractivity contribution is 7.15. The van der Waals surface area contributed by atoms with Gasteiger partial charge in [-0.15, -0.1) is 11.3 Å². The molecule has 0 fully saturated rings.